The molecule has 19 heavy (non-hydrogen) atoms. The highest BCUT2D eigenvalue weighted by Crippen LogP contribution is 2.72. The summed E-state index contributed by atoms with van der Waals surface area (Å²) >= 11 is 1.97. The maximum atomic E-state index is 3.82. The fourth-order valence-corrected chi connectivity index (χ4v) is 6.44. The Labute approximate surface area is 120 Å². The summed E-state index contributed by atoms with van der Waals surface area (Å²) < 4.78 is 0. The molecule has 0 saturated heterocycles. The molecular weight excluding hydrogens is 250 g/mol. The van der Waals surface area contributed by atoms with Crippen LogP contribution in [-0.2, 0) is 0 Å². The van der Waals surface area contributed by atoms with Gasteiger partial charge in [0.05, 0.1) is 0 Å². The predicted molar refractivity (Wildman–Crippen MR) is 81.5 cm³/mol. The number of hydrogen-bond donors (Lipinski definition) is 1. The van der Waals surface area contributed by atoms with Crippen LogP contribution in [0.1, 0.15) is 47.5 Å². The van der Waals surface area contributed by atoms with E-state index < -0.39 is 0 Å². The van der Waals surface area contributed by atoms with Crippen LogP contribution in [0.3, 0.4) is 0 Å². The minimum absolute atomic E-state index is 0.647. The van der Waals surface area contributed by atoms with Gasteiger partial charge in [0.1, 0.15) is 0 Å². The van der Waals surface area contributed by atoms with Crippen molar-refractivity contribution in [2.45, 2.75) is 46.1 Å². The van der Waals surface area contributed by atoms with Crippen molar-refractivity contribution in [3.8, 4) is 0 Å². The van der Waals surface area contributed by atoms with Gasteiger partial charge >= 0.3 is 0 Å². The van der Waals surface area contributed by atoms with Crippen LogP contribution in [0.15, 0.2) is 6.07 Å². The number of rotatable bonds is 4. The van der Waals surface area contributed by atoms with Gasteiger partial charge in [0, 0.05) is 15.8 Å². The lowest BCUT2D eigenvalue weighted by molar-refractivity contribution is 0.374. The number of fused-ring (bicyclic) bond motifs is 5. The molecule has 3 saturated carbocycles. The Morgan fingerprint density at radius 3 is 2.47 bits per heavy atom. The van der Waals surface area contributed by atoms with Gasteiger partial charge in [-0.2, -0.15) is 0 Å². The average molecular weight is 275 g/mol. The summed E-state index contributed by atoms with van der Waals surface area (Å²) in [7, 11) is 0. The van der Waals surface area contributed by atoms with Gasteiger partial charge in [-0.3, -0.25) is 0 Å². The summed E-state index contributed by atoms with van der Waals surface area (Å²) in [6.07, 6.45) is 4.62. The van der Waals surface area contributed by atoms with Crippen molar-refractivity contribution in [3.05, 3.63) is 21.4 Å². The van der Waals surface area contributed by atoms with E-state index in [0.29, 0.717) is 6.04 Å². The van der Waals surface area contributed by atoms with Crippen molar-refractivity contribution in [3.63, 3.8) is 0 Å². The maximum absolute atomic E-state index is 3.82. The van der Waals surface area contributed by atoms with Crippen molar-refractivity contribution in [2.24, 2.45) is 29.6 Å². The minimum Gasteiger partial charge on any atom is -0.310 e. The molecule has 5 unspecified atom stereocenters. The molecule has 4 rings (SSSR count). The van der Waals surface area contributed by atoms with Crippen LogP contribution in [0.4, 0.5) is 0 Å². The molecule has 0 amide bonds. The first kappa shape index (κ1) is 12.4. The number of nitrogens with one attached hydrogen (secondary N) is 1. The number of aryl methyl sites for hydroxylation is 2. The summed E-state index contributed by atoms with van der Waals surface area (Å²) in [5.74, 6) is 5.27. The molecule has 3 aliphatic carbocycles. The maximum Gasteiger partial charge on any atom is 0.0365 e. The van der Waals surface area contributed by atoms with Gasteiger partial charge in [-0.15, -0.1) is 11.3 Å². The van der Waals surface area contributed by atoms with Gasteiger partial charge in [0.2, 0.25) is 0 Å². The standard InChI is InChI=1S/C17H25NS/c1-4-18-17(13-7-9(2)19-10(13)3)16-14-11-5-6-12(8-11)15(14)16/h7,11-12,14-18H,4-6,8H2,1-3H3. The molecule has 1 aromatic heterocycles. The van der Waals surface area contributed by atoms with E-state index in [4.69, 9.17) is 0 Å². The summed E-state index contributed by atoms with van der Waals surface area (Å²) in [5, 5.41) is 3.82. The highest BCUT2D eigenvalue weighted by molar-refractivity contribution is 7.12. The molecule has 0 aromatic carbocycles. The zero-order valence-electron chi connectivity index (χ0n) is 12.3. The third kappa shape index (κ3) is 1.76. The van der Waals surface area contributed by atoms with Gasteiger partial charge in [-0.1, -0.05) is 6.92 Å². The van der Waals surface area contributed by atoms with E-state index >= 15 is 0 Å². The summed E-state index contributed by atoms with van der Waals surface area (Å²) in [6, 6.07) is 3.09. The third-order valence-corrected chi connectivity index (χ3v) is 7.00. The van der Waals surface area contributed by atoms with Crippen molar-refractivity contribution in [1.29, 1.82) is 0 Å². The van der Waals surface area contributed by atoms with E-state index in [1.165, 1.54) is 17.7 Å². The van der Waals surface area contributed by atoms with Gasteiger partial charge in [-0.25, -0.2) is 0 Å². The lowest BCUT2D eigenvalue weighted by atomic mass is 9.93. The Morgan fingerprint density at radius 2 is 1.95 bits per heavy atom. The lowest BCUT2D eigenvalue weighted by Crippen LogP contribution is -2.25. The monoisotopic (exact) mass is 275 g/mol. The Morgan fingerprint density at radius 1 is 1.26 bits per heavy atom. The Hall–Kier alpha value is -0.340. The van der Waals surface area contributed by atoms with Crippen LogP contribution in [0.5, 0.6) is 0 Å². The molecule has 5 atom stereocenters. The summed E-state index contributed by atoms with van der Waals surface area (Å²) in [5.41, 5.74) is 1.61. The molecule has 0 spiro atoms. The van der Waals surface area contributed by atoms with Crippen LogP contribution in [0, 0.1) is 43.4 Å². The second-order valence-electron chi connectivity index (χ2n) is 6.97. The number of hydrogen-bond acceptors (Lipinski definition) is 2. The van der Waals surface area contributed by atoms with E-state index in [-0.39, 0.29) is 0 Å². The zero-order chi connectivity index (χ0) is 13.1. The van der Waals surface area contributed by atoms with Crippen LogP contribution in [-0.4, -0.2) is 6.54 Å². The fraction of sp³-hybridized carbons (Fsp3) is 0.765. The van der Waals surface area contributed by atoms with Crippen molar-refractivity contribution < 1.29 is 0 Å². The highest BCUT2D eigenvalue weighted by Gasteiger charge is 2.66. The van der Waals surface area contributed by atoms with Gasteiger partial charge in [0.25, 0.3) is 0 Å². The molecule has 1 heterocycles. The van der Waals surface area contributed by atoms with Crippen molar-refractivity contribution in [1.82, 2.24) is 5.32 Å². The molecule has 2 heteroatoms. The Bertz CT molecular complexity index is 475. The van der Waals surface area contributed by atoms with Crippen molar-refractivity contribution >= 4 is 11.3 Å². The average Bonchev–Trinajstić information content (AvgIpc) is 2.70. The van der Waals surface area contributed by atoms with Crippen LogP contribution in [0.25, 0.3) is 0 Å². The molecule has 104 valence electrons. The van der Waals surface area contributed by atoms with E-state index in [0.717, 1.165) is 36.1 Å². The molecule has 1 N–H and O–H groups in total. The minimum atomic E-state index is 0.647. The highest BCUT2D eigenvalue weighted by atomic mass is 32.1. The first-order chi connectivity index (χ1) is 9.20. The van der Waals surface area contributed by atoms with E-state index in [1.807, 2.05) is 11.3 Å². The normalized spacial score (nSPS) is 40.5. The van der Waals surface area contributed by atoms with Crippen LogP contribution >= 0.6 is 11.3 Å². The first-order valence-corrected chi connectivity index (χ1v) is 8.82. The Balaban J connectivity index is 1.62. The fourth-order valence-electron chi connectivity index (χ4n) is 5.47. The smallest absolute Gasteiger partial charge is 0.0365 e. The topological polar surface area (TPSA) is 12.0 Å². The van der Waals surface area contributed by atoms with E-state index in [2.05, 4.69) is 32.2 Å². The van der Waals surface area contributed by atoms with Gasteiger partial charge in [0.15, 0.2) is 0 Å². The van der Waals surface area contributed by atoms with E-state index in [1.54, 1.807) is 16.9 Å². The number of thiophene rings is 1. The third-order valence-electron chi connectivity index (χ3n) is 6.02. The van der Waals surface area contributed by atoms with E-state index in [9.17, 15) is 0 Å². The predicted octanol–water partition coefficient (Wildman–Crippen LogP) is 4.31. The largest absolute Gasteiger partial charge is 0.310 e. The van der Waals surface area contributed by atoms with Crippen LogP contribution < -0.4 is 5.32 Å². The molecule has 3 fully saturated rings. The Kier molecular flexibility index (Phi) is 2.82. The lowest BCUT2D eigenvalue weighted by Gasteiger charge is -2.21. The summed E-state index contributed by atoms with van der Waals surface area (Å²) in [4.78, 5) is 3.02. The first-order valence-electron chi connectivity index (χ1n) is 8.01. The second-order valence-corrected chi connectivity index (χ2v) is 8.43. The molecule has 1 nitrogen and oxygen atoms in total. The molecule has 0 radical (unpaired) electrons. The molecule has 1 aromatic rings. The SMILES string of the molecule is CCNC(c1cc(C)sc1C)C1C2C3CCC(C3)C21. The quantitative estimate of drug-likeness (QED) is 0.863. The molecule has 3 aliphatic rings. The summed E-state index contributed by atoms with van der Waals surface area (Å²) in [6.45, 7) is 7.92. The molecular formula is C17H25NS. The van der Waals surface area contributed by atoms with Crippen LogP contribution in [0.2, 0.25) is 0 Å². The second kappa shape index (κ2) is 4.33. The van der Waals surface area contributed by atoms with Crippen molar-refractivity contribution in [2.75, 3.05) is 6.54 Å². The zero-order valence-corrected chi connectivity index (χ0v) is 13.1. The molecule has 2 bridgehead atoms. The molecule has 0 aliphatic heterocycles. The van der Waals surface area contributed by atoms with Gasteiger partial charge < -0.3 is 5.32 Å². The van der Waals surface area contributed by atoms with Gasteiger partial charge in [-0.05, 0) is 80.9 Å².